The molecular weight excluding hydrogens is 276 g/mol. The van der Waals surface area contributed by atoms with E-state index in [0.29, 0.717) is 12.5 Å². The fourth-order valence-electron chi connectivity index (χ4n) is 3.97. The molecule has 2 heterocycles. The molecule has 0 radical (unpaired) electrons. The number of carbonyl (C=O) groups is 1. The van der Waals surface area contributed by atoms with Crippen molar-refractivity contribution in [3.05, 3.63) is 24.2 Å². The van der Waals surface area contributed by atoms with Crippen molar-refractivity contribution < 1.29 is 9.21 Å². The standard InChI is InChI=1S/C18H28N2O2/c1-14(15-7-2-3-8-15)18(21)19-13-16(17-9-6-12-22-17)20-10-4-5-11-20/h6,9,12,14-16H,2-5,7-8,10-11,13H2,1H3,(H,19,21). The molecule has 122 valence electrons. The highest BCUT2D eigenvalue weighted by molar-refractivity contribution is 5.78. The van der Waals surface area contributed by atoms with Gasteiger partial charge in [-0.3, -0.25) is 9.69 Å². The van der Waals surface area contributed by atoms with Crippen molar-refractivity contribution in [1.82, 2.24) is 10.2 Å². The Kier molecular flexibility index (Phi) is 5.19. The number of hydrogen-bond acceptors (Lipinski definition) is 3. The van der Waals surface area contributed by atoms with E-state index in [9.17, 15) is 4.79 Å². The summed E-state index contributed by atoms with van der Waals surface area (Å²) < 4.78 is 5.61. The van der Waals surface area contributed by atoms with Gasteiger partial charge in [0.25, 0.3) is 0 Å². The molecular formula is C18H28N2O2. The number of likely N-dealkylation sites (tertiary alicyclic amines) is 1. The minimum absolute atomic E-state index is 0.137. The van der Waals surface area contributed by atoms with E-state index in [0.717, 1.165) is 18.8 Å². The van der Waals surface area contributed by atoms with E-state index in [1.54, 1.807) is 6.26 Å². The quantitative estimate of drug-likeness (QED) is 0.876. The van der Waals surface area contributed by atoms with Gasteiger partial charge in [-0.05, 0) is 56.8 Å². The second kappa shape index (κ2) is 7.32. The Morgan fingerprint density at radius 1 is 1.32 bits per heavy atom. The number of nitrogens with one attached hydrogen (secondary N) is 1. The van der Waals surface area contributed by atoms with Crippen molar-refractivity contribution in [3.63, 3.8) is 0 Å². The molecule has 3 rings (SSSR count). The van der Waals surface area contributed by atoms with Crippen LogP contribution >= 0.6 is 0 Å². The molecule has 2 fully saturated rings. The number of nitrogens with zero attached hydrogens (tertiary/aromatic N) is 1. The molecule has 4 nitrogen and oxygen atoms in total. The average Bonchev–Trinajstić information content (AvgIpc) is 3.27. The fourth-order valence-corrected chi connectivity index (χ4v) is 3.97. The summed E-state index contributed by atoms with van der Waals surface area (Å²) >= 11 is 0. The predicted molar refractivity (Wildman–Crippen MR) is 86.4 cm³/mol. The van der Waals surface area contributed by atoms with Gasteiger partial charge >= 0.3 is 0 Å². The van der Waals surface area contributed by atoms with Crippen LogP contribution in [0.25, 0.3) is 0 Å². The van der Waals surface area contributed by atoms with Crippen molar-refractivity contribution >= 4 is 5.91 Å². The Balaban J connectivity index is 1.57. The number of carbonyl (C=O) groups excluding carboxylic acids is 1. The summed E-state index contributed by atoms with van der Waals surface area (Å²) in [6.45, 7) is 4.94. The van der Waals surface area contributed by atoms with Crippen LogP contribution < -0.4 is 5.32 Å². The zero-order chi connectivity index (χ0) is 15.4. The Morgan fingerprint density at radius 3 is 2.68 bits per heavy atom. The van der Waals surface area contributed by atoms with Crippen LogP contribution in [0.3, 0.4) is 0 Å². The summed E-state index contributed by atoms with van der Waals surface area (Å²) in [6.07, 6.45) is 9.19. The predicted octanol–water partition coefficient (Wildman–Crippen LogP) is 3.36. The lowest BCUT2D eigenvalue weighted by Gasteiger charge is -2.27. The van der Waals surface area contributed by atoms with E-state index >= 15 is 0 Å². The van der Waals surface area contributed by atoms with Gasteiger partial charge in [-0.25, -0.2) is 0 Å². The maximum Gasteiger partial charge on any atom is 0.223 e. The highest BCUT2D eigenvalue weighted by Gasteiger charge is 2.29. The van der Waals surface area contributed by atoms with Crippen molar-refractivity contribution in [2.24, 2.45) is 11.8 Å². The molecule has 2 aliphatic rings. The number of rotatable bonds is 6. The Labute approximate surface area is 133 Å². The SMILES string of the molecule is CC(C(=O)NCC(c1ccco1)N1CCCC1)C1CCCC1. The van der Waals surface area contributed by atoms with Gasteiger partial charge in [0, 0.05) is 12.5 Å². The zero-order valence-electron chi connectivity index (χ0n) is 13.6. The van der Waals surface area contributed by atoms with Crippen LogP contribution in [0.1, 0.15) is 57.3 Å². The van der Waals surface area contributed by atoms with E-state index in [4.69, 9.17) is 4.42 Å². The second-order valence-electron chi connectivity index (χ2n) is 6.85. The molecule has 1 saturated carbocycles. The first-order chi connectivity index (χ1) is 10.8. The van der Waals surface area contributed by atoms with Crippen LogP contribution in [0.4, 0.5) is 0 Å². The normalized spacial score (nSPS) is 22.8. The number of amides is 1. The molecule has 0 aromatic carbocycles. The first kappa shape index (κ1) is 15.6. The maximum absolute atomic E-state index is 12.5. The number of hydrogen-bond donors (Lipinski definition) is 1. The van der Waals surface area contributed by atoms with Gasteiger partial charge < -0.3 is 9.73 Å². The van der Waals surface area contributed by atoms with Crippen molar-refractivity contribution in [2.45, 2.75) is 51.5 Å². The molecule has 0 spiro atoms. The van der Waals surface area contributed by atoms with Crippen LogP contribution in [-0.2, 0) is 4.79 Å². The van der Waals surface area contributed by atoms with Crippen molar-refractivity contribution in [3.8, 4) is 0 Å². The van der Waals surface area contributed by atoms with Crippen LogP contribution in [0.2, 0.25) is 0 Å². The third-order valence-electron chi connectivity index (χ3n) is 5.44. The number of furan rings is 1. The van der Waals surface area contributed by atoms with E-state index in [-0.39, 0.29) is 17.9 Å². The summed E-state index contributed by atoms with van der Waals surface area (Å²) in [4.78, 5) is 14.9. The summed E-state index contributed by atoms with van der Waals surface area (Å²) in [5, 5.41) is 3.18. The summed E-state index contributed by atoms with van der Waals surface area (Å²) in [7, 11) is 0. The van der Waals surface area contributed by atoms with Gasteiger partial charge in [-0.1, -0.05) is 19.8 Å². The topological polar surface area (TPSA) is 45.5 Å². The Morgan fingerprint density at radius 2 is 2.05 bits per heavy atom. The maximum atomic E-state index is 12.5. The van der Waals surface area contributed by atoms with Gasteiger partial charge in [-0.2, -0.15) is 0 Å². The van der Waals surface area contributed by atoms with E-state index in [1.807, 2.05) is 12.1 Å². The van der Waals surface area contributed by atoms with Gasteiger partial charge in [0.1, 0.15) is 5.76 Å². The molecule has 1 aliphatic heterocycles. The minimum Gasteiger partial charge on any atom is -0.468 e. The molecule has 1 aromatic heterocycles. The highest BCUT2D eigenvalue weighted by Crippen LogP contribution is 2.31. The van der Waals surface area contributed by atoms with E-state index in [1.165, 1.54) is 38.5 Å². The van der Waals surface area contributed by atoms with Gasteiger partial charge in [0.05, 0.1) is 12.3 Å². The summed E-state index contributed by atoms with van der Waals surface area (Å²) in [5.41, 5.74) is 0. The third-order valence-corrected chi connectivity index (χ3v) is 5.44. The van der Waals surface area contributed by atoms with Crippen LogP contribution in [0.5, 0.6) is 0 Å². The zero-order valence-corrected chi connectivity index (χ0v) is 13.6. The molecule has 1 aromatic rings. The second-order valence-corrected chi connectivity index (χ2v) is 6.85. The van der Waals surface area contributed by atoms with Gasteiger partial charge in [-0.15, -0.1) is 0 Å². The van der Waals surface area contributed by atoms with Crippen LogP contribution in [0.15, 0.2) is 22.8 Å². The molecule has 1 amide bonds. The van der Waals surface area contributed by atoms with Gasteiger partial charge in [0.2, 0.25) is 5.91 Å². The molecule has 1 saturated heterocycles. The first-order valence-corrected chi connectivity index (χ1v) is 8.81. The van der Waals surface area contributed by atoms with E-state index < -0.39 is 0 Å². The molecule has 4 heteroatoms. The van der Waals surface area contributed by atoms with Crippen LogP contribution in [0, 0.1) is 11.8 Å². The molecule has 0 bridgehead atoms. The Bertz CT molecular complexity index is 459. The fraction of sp³-hybridized carbons (Fsp3) is 0.722. The third kappa shape index (κ3) is 3.54. The monoisotopic (exact) mass is 304 g/mol. The highest BCUT2D eigenvalue weighted by atomic mass is 16.3. The largest absolute Gasteiger partial charge is 0.468 e. The minimum atomic E-state index is 0.137. The lowest BCUT2D eigenvalue weighted by molar-refractivity contribution is -0.126. The first-order valence-electron chi connectivity index (χ1n) is 8.81. The molecule has 1 N–H and O–H groups in total. The Hall–Kier alpha value is -1.29. The average molecular weight is 304 g/mol. The smallest absolute Gasteiger partial charge is 0.223 e. The lowest BCUT2D eigenvalue weighted by atomic mass is 9.92. The summed E-state index contributed by atoms with van der Waals surface area (Å²) in [6, 6.07) is 4.13. The summed E-state index contributed by atoms with van der Waals surface area (Å²) in [5.74, 6) is 1.89. The molecule has 1 aliphatic carbocycles. The molecule has 2 atom stereocenters. The van der Waals surface area contributed by atoms with Gasteiger partial charge in [0.15, 0.2) is 0 Å². The van der Waals surface area contributed by atoms with Crippen molar-refractivity contribution in [1.29, 1.82) is 0 Å². The van der Waals surface area contributed by atoms with Crippen LogP contribution in [-0.4, -0.2) is 30.4 Å². The molecule has 2 unspecified atom stereocenters. The molecule has 22 heavy (non-hydrogen) atoms. The van der Waals surface area contributed by atoms with E-state index in [2.05, 4.69) is 17.1 Å². The lowest BCUT2D eigenvalue weighted by Crippen LogP contribution is -2.39. The van der Waals surface area contributed by atoms with Crippen molar-refractivity contribution in [2.75, 3.05) is 19.6 Å².